The predicted octanol–water partition coefficient (Wildman–Crippen LogP) is 1.02. The Morgan fingerprint density at radius 3 is 2.60 bits per heavy atom. The fraction of sp³-hybridized carbons (Fsp3) is 0.294. The average molecular weight is 344 g/mol. The maximum absolute atomic E-state index is 12.3. The summed E-state index contributed by atoms with van der Waals surface area (Å²) in [6.07, 6.45) is 1.14. The minimum Gasteiger partial charge on any atom is -0.462 e. The molecular weight excluding hydrogens is 324 g/mol. The summed E-state index contributed by atoms with van der Waals surface area (Å²) in [7, 11) is 0. The fourth-order valence-corrected chi connectivity index (χ4v) is 1.91. The van der Waals surface area contributed by atoms with Crippen molar-refractivity contribution in [1.29, 1.82) is 5.26 Å². The van der Waals surface area contributed by atoms with E-state index < -0.39 is 11.9 Å². The highest BCUT2D eigenvalue weighted by Crippen LogP contribution is 2.17. The number of amides is 2. The molecular formula is C17H20N4O4. The molecule has 25 heavy (non-hydrogen) atoms. The Labute approximate surface area is 145 Å². The summed E-state index contributed by atoms with van der Waals surface area (Å²) >= 11 is 0. The van der Waals surface area contributed by atoms with Crippen LogP contribution < -0.4 is 11.1 Å². The standard InChI is InChI=1S/C17H20N4O4/c1-3-25-17(24)14-6-4-5-7-15(14)20-16(23)13(10-19)11-21(9-8-18)12(2)22/h4-7,11H,3,8-9,18H2,1-2H3,(H,20,23)/b13-11-. The molecule has 1 aromatic rings. The van der Waals surface area contributed by atoms with Crippen LogP contribution in [0.4, 0.5) is 5.69 Å². The topological polar surface area (TPSA) is 126 Å². The van der Waals surface area contributed by atoms with Crippen LogP contribution in [-0.4, -0.2) is 42.4 Å². The molecule has 0 unspecified atom stereocenters. The second-order valence-corrected chi connectivity index (χ2v) is 4.88. The Morgan fingerprint density at radius 2 is 2.04 bits per heavy atom. The molecule has 0 heterocycles. The number of esters is 1. The van der Waals surface area contributed by atoms with Crippen molar-refractivity contribution in [2.45, 2.75) is 13.8 Å². The third-order valence-electron chi connectivity index (χ3n) is 3.10. The monoisotopic (exact) mass is 344 g/mol. The molecule has 0 aliphatic heterocycles. The van der Waals surface area contributed by atoms with E-state index in [4.69, 9.17) is 10.5 Å². The van der Waals surface area contributed by atoms with Crippen molar-refractivity contribution < 1.29 is 19.1 Å². The highest BCUT2D eigenvalue weighted by Gasteiger charge is 2.17. The molecule has 0 radical (unpaired) electrons. The van der Waals surface area contributed by atoms with Crippen LogP contribution in [-0.2, 0) is 14.3 Å². The third-order valence-corrected chi connectivity index (χ3v) is 3.10. The highest BCUT2D eigenvalue weighted by atomic mass is 16.5. The number of rotatable bonds is 7. The van der Waals surface area contributed by atoms with Gasteiger partial charge in [0.2, 0.25) is 5.91 Å². The van der Waals surface area contributed by atoms with E-state index in [0.717, 1.165) is 6.20 Å². The van der Waals surface area contributed by atoms with E-state index in [2.05, 4.69) is 5.32 Å². The molecule has 0 atom stereocenters. The first-order valence-electron chi connectivity index (χ1n) is 7.61. The number of benzene rings is 1. The summed E-state index contributed by atoms with van der Waals surface area (Å²) in [6, 6.07) is 8.01. The van der Waals surface area contributed by atoms with Gasteiger partial charge in [0.1, 0.15) is 11.6 Å². The van der Waals surface area contributed by atoms with Crippen LogP contribution in [0.15, 0.2) is 36.0 Å². The number of nitrogens with zero attached hydrogens (tertiary/aromatic N) is 2. The molecule has 0 spiro atoms. The van der Waals surface area contributed by atoms with Gasteiger partial charge in [0.15, 0.2) is 0 Å². The van der Waals surface area contributed by atoms with Gasteiger partial charge in [-0.2, -0.15) is 5.26 Å². The molecule has 8 nitrogen and oxygen atoms in total. The zero-order valence-electron chi connectivity index (χ0n) is 14.1. The van der Waals surface area contributed by atoms with E-state index in [1.807, 2.05) is 0 Å². The lowest BCUT2D eigenvalue weighted by Crippen LogP contribution is -2.30. The minimum atomic E-state index is -0.748. The first kappa shape index (κ1) is 19.9. The molecule has 132 valence electrons. The largest absolute Gasteiger partial charge is 0.462 e. The number of ether oxygens (including phenoxy) is 1. The number of carbonyl (C=O) groups excluding carboxylic acids is 3. The first-order valence-corrected chi connectivity index (χ1v) is 7.61. The number of hydrogen-bond acceptors (Lipinski definition) is 6. The van der Waals surface area contributed by atoms with Gasteiger partial charge in [-0.1, -0.05) is 12.1 Å². The molecule has 0 aliphatic carbocycles. The molecule has 1 rings (SSSR count). The van der Waals surface area contributed by atoms with Crippen LogP contribution >= 0.6 is 0 Å². The van der Waals surface area contributed by atoms with Crippen molar-refractivity contribution in [3.63, 3.8) is 0 Å². The van der Waals surface area contributed by atoms with Crippen molar-refractivity contribution in [3.05, 3.63) is 41.6 Å². The van der Waals surface area contributed by atoms with Crippen molar-refractivity contribution in [3.8, 4) is 6.07 Å². The number of nitriles is 1. The predicted molar refractivity (Wildman–Crippen MR) is 91.2 cm³/mol. The average Bonchev–Trinajstić information content (AvgIpc) is 2.58. The second-order valence-electron chi connectivity index (χ2n) is 4.88. The lowest BCUT2D eigenvalue weighted by Gasteiger charge is -2.16. The van der Waals surface area contributed by atoms with Crippen molar-refractivity contribution in [2.75, 3.05) is 25.0 Å². The van der Waals surface area contributed by atoms with Crippen LogP contribution in [0.1, 0.15) is 24.2 Å². The third kappa shape index (κ3) is 5.75. The number of carbonyl (C=O) groups is 3. The van der Waals surface area contributed by atoms with E-state index >= 15 is 0 Å². The summed E-state index contributed by atoms with van der Waals surface area (Å²) in [5.41, 5.74) is 5.49. The van der Waals surface area contributed by atoms with Crippen molar-refractivity contribution in [1.82, 2.24) is 4.90 Å². The smallest absolute Gasteiger partial charge is 0.340 e. The molecule has 8 heteroatoms. The number of nitrogens with two attached hydrogens (primary N) is 1. The Morgan fingerprint density at radius 1 is 1.36 bits per heavy atom. The van der Waals surface area contributed by atoms with E-state index in [9.17, 15) is 19.6 Å². The molecule has 3 N–H and O–H groups in total. The van der Waals surface area contributed by atoms with Gasteiger partial charge in [0, 0.05) is 26.2 Å². The van der Waals surface area contributed by atoms with E-state index in [0.29, 0.717) is 0 Å². The molecule has 0 aromatic heterocycles. The molecule has 0 aliphatic rings. The van der Waals surface area contributed by atoms with E-state index in [-0.39, 0.29) is 42.4 Å². The lowest BCUT2D eigenvalue weighted by atomic mass is 10.1. The zero-order chi connectivity index (χ0) is 18.8. The van der Waals surface area contributed by atoms with E-state index in [1.54, 1.807) is 25.1 Å². The number of anilines is 1. The highest BCUT2D eigenvalue weighted by molar-refractivity contribution is 6.09. The summed E-state index contributed by atoms with van der Waals surface area (Å²) in [5, 5.41) is 11.7. The van der Waals surface area contributed by atoms with Gasteiger partial charge < -0.3 is 20.7 Å². The maximum atomic E-state index is 12.3. The minimum absolute atomic E-state index is 0.167. The van der Waals surface area contributed by atoms with Gasteiger partial charge >= 0.3 is 5.97 Å². The van der Waals surface area contributed by atoms with Crippen molar-refractivity contribution in [2.24, 2.45) is 5.73 Å². The number of nitrogens with one attached hydrogen (secondary N) is 1. The number of hydrogen-bond donors (Lipinski definition) is 2. The van der Waals surface area contributed by atoms with Gasteiger partial charge in [-0.3, -0.25) is 9.59 Å². The van der Waals surface area contributed by atoms with Crippen LogP contribution in [0, 0.1) is 11.3 Å². The first-order chi connectivity index (χ1) is 11.9. The Bertz CT molecular complexity index is 722. The normalized spacial score (nSPS) is 10.6. The zero-order valence-corrected chi connectivity index (χ0v) is 14.1. The van der Waals surface area contributed by atoms with Crippen LogP contribution in [0.25, 0.3) is 0 Å². The summed E-state index contributed by atoms with van der Waals surface area (Å²) in [4.78, 5) is 36.9. The van der Waals surface area contributed by atoms with Crippen LogP contribution in [0.3, 0.4) is 0 Å². The molecule has 0 fully saturated rings. The molecule has 0 bridgehead atoms. The van der Waals surface area contributed by atoms with Gasteiger partial charge in [-0.15, -0.1) is 0 Å². The Hall–Kier alpha value is -3.18. The van der Waals surface area contributed by atoms with Gasteiger partial charge in [0.05, 0.1) is 17.9 Å². The quantitative estimate of drug-likeness (QED) is 0.432. The fourth-order valence-electron chi connectivity index (χ4n) is 1.91. The Kier molecular flexibility index (Phi) is 7.82. The molecule has 0 saturated carbocycles. The van der Waals surface area contributed by atoms with Gasteiger partial charge in [0.25, 0.3) is 5.91 Å². The van der Waals surface area contributed by atoms with Crippen molar-refractivity contribution >= 4 is 23.5 Å². The van der Waals surface area contributed by atoms with E-state index in [1.165, 1.54) is 24.0 Å². The molecule has 2 amide bonds. The summed E-state index contributed by atoms with van der Waals surface area (Å²) < 4.78 is 4.93. The second kappa shape index (κ2) is 9.85. The van der Waals surface area contributed by atoms with Gasteiger partial charge in [-0.25, -0.2) is 4.79 Å². The summed E-state index contributed by atoms with van der Waals surface area (Å²) in [5.74, 6) is -1.69. The van der Waals surface area contributed by atoms with Crippen LogP contribution in [0.2, 0.25) is 0 Å². The van der Waals surface area contributed by atoms with Gasteiger partial charge in [-0.05, 0) is 19.1 Å². The summed E-state index contributed by atoms with van der Waals surface area (Å²) in [6.45, 7) is 3.52. The maximum Gasteiger partial charge on any atom is 0.340 e. The molecule has 0 saturated heterocycles. The lowest BCUT2D eigenvalue weighted by molar-refractivity contribution is -0.126. The van der Waals surface area contributed by atoms with Crippen LogP contribution in [0.5, 0.6) is 0 Å². The Balaban J connectivity index is 3.06. The molecule has 1 aromatic carbocycles. The number of para-hydroxylation sites is 1. The SMILES string of the molecule is CCOC(=O)c1ccccc1NC(=O)/C(C#N)=C\N(CCN)C(C)=O.